The van der Waals surface area contributed by atoms with Gasteiger partial charge in [0.05, 0.1) is 33.0 Å². The minimum absolute atomic E-state index is 0.123. The molecule has 5 heteroatoms. The summed E-state index contributed by atoms with van der Waals surface area (Å²) in [7, 11) is 3.29. The fourth-order valence-corrected chi connectivity index (χ4v) is 1.51. The van der Waals surface area contributed by atoms with Gasteiger partial charge in [-0.15, -0.1) is 0 Å². The Morgan fingerprint density at radius 2 is 1.55 bits per heavy atom. The van der Waals surface area contributed by atoms with Gasteiger partial charge < -0.3 is 23.7 Å². The molecule has 0 aromatic heterocycles. The summed E-state index contributed by atoms with van der Waals surface area (Å²) in [6.45, 7) is 3.11. The molecule has 0 bridgehead atoms. The van der Waals surface area contributed by atoms with Crippen LogP contribution in [0.3, 0.4) is 0 Å². The van der Waals surface area contributed by atoms with Crippen molar-refractivity contribution in [2.75, 3.05) is 53.9 Å². The van der Waals surface area contributed by atoms with Crippen molar-refractivity contribution in [3.8, 4) is 5.75 Å². The zero-order chi connectivity index (χ0) is 14.5. The van der Waals surface area contributed by atoms with Crippen LogP contribution in [0, 0.1) is 0 Å². The third-order valence-electron chi connectivity index (χ3n) is 2.56. The van der Waals surface area contributed by atoms with Gasteiger partial charge in [0.2, 0.25) is 0 Å². The van der Waals surface area contributed by atoms with Crippen LogP contribution in [0.25, 0.3) is 0 Å². The van der Waals surface area contributed by atoms with Crippen molar-refractivity contribution in [3.63, 3.8) is 0 Å². The Bertz CT molecular complexity index is 317. The predicted molar refractivity (Wildman–Crippen MR) is 76.2 cm³/mol. The first-order valence-corrected chi connectivity index (χ1v) is 6.72. The molecule has 0 amide bonds. The molecule has 0 aliphatic carbocycles. The number of rotatable bonds is 12. The molecule has 1 atom stereocenters. The van der Waals surface area contributed by atoms with Crippen LogP contribution < -0.4 is 4.74 Å². The number of ether oxygens (including phenoxy) is 5. The van der Waals surface area contributed by atoms with E-state index in [-0.39, 0.29) is 6.10 Å². The smallest absolute Gasteiger partial charge is 0.119 e. The van der Waals surface area contributed by atoms with Gasteiger partial charge in [0.25, 0.3) is 0 Å². The quantitative estimate of drug-likeness (QED) is 0.547. The second kappa shape index (κ2) is 11.7. The van der Waals surface area contributed by atoms with Crippen LogP contribution in [0.15, 0.2) is 30.3 Å². The monoisotopic (exact) mass is 284 g/mol. The highest BCUT2D eigenvalue weighted by Crippen LogP contribution is 2.09. The summed E-state index contributed by atoms with van der Waals surface area (Å²) in [5.41, 5.74) is 0. The Labute approximate surface area is 120 Å². The maximum Gasteiger partial charge on any atom is 0.119 e. The van der Waals surface area contributed by atoms with E-state index in [2.05, 4.69) is 0 Å². The topological polar surface area (TPSA) is 46.2 Å². The summed E-state index contributed by atoms with van der Waals surface area (Å²) in [6.07, 6.45) is -0.123. The molecular weight excluding hydrogens is 260 g/mol. The zero-order valence-electron chi connectivity index (χ0n) is 12.2. The zero-order valence-corrected chi connectivity index (χ0v) is 12.2. The standard InChI is InChI=1S/C15H24O5/c1-16-8-10-18-12-15(19-11-9-17-2)13-20-14-6-4-3-5-7-14/h3-7,15H,8-13H2,1-2H3. The normalized spacial score (nSPS) is 12.3. The van der Waals surface area contributed by atoms with Crippen LogP contribution in [0.1, 0.15) is 0 Å². The van der Waals surface area contributed by atoms with Gasteiger partial charge in [-0.05, 0) is 12.1 Å². The Kier molecular flexibility index (Phi) is 9.87. The number of hydrogen-bond acceptors (Lipinski definition) is 5. The Hall–Kier alpha value is -1.14. The van der Waals surface area contributed by atoms with Gasteiger partial charge in [0.1, 0.15) is 18.5 Å². The van der Waals surface area contributed by atoms with E-state index in [0.29, 0.717) is 39.6 Å². The third kappa shape index (κ3) is 8.12. The van der Waals surface area contributed by atoms with E-state index in [1.807, 2.05) is 30.3 Å². The molecule has 0 aliphatic rings. The average molecular weight is 284 g/mol. The molecule has 0 saturated heterocycles. The molecule has 1 aromatic carbocycles. The summed E-state index contributed by atoms with van der Waals surface area (Å²) in [5.74, 6) is 0.824. The minimum atomic E-state index is -0.123. The number of methoxy groups -OCH3 is 2. The van der Waals surface area contributed by atoms with E-state index in [4.69, 9.17) is 23.7 Å². The molecule has 5 nitrogen and oxygen atoms in total. The van der Waals surface area contributed by atoms with Gasteiger partial charge in [-0.3, -0.25) is 0 Å². The molecular formula is C15H24O5. The Morgan fingerprint density at radius 1 is 0.850 bits per heavy atom. The van der Waals surface area contributed by atoms with Gasteiger partial charge in [0.15, 0.2) is 0 Å². The molecule has 0 saturated carbocycles. The number of benzene rings is 1. The van der Waals surface area contributed by atoms with Crippen molar-refractivity contribution in [1.29, 1.82) is 0 Å². The lowest BCUT2D eigenvalue weighted by Crippen LogP contribution is -2.29. The minimum Gasteiger partial charge on any atom is -0.491 e. The molecule has 0 N–H and O–H groups in total. The third-order valence-corrected chi connectivity index (χ3v) is 2.56. The van der Waals surface area contributed by atoms with Crippen molar-refractivity contribution < 1.29 is 23.7 Å². The number of hydrogen-bond donors (Lipinski definition) is 0. The van der Waals surface area contributed by atoms with Crippen molar-refractivity contribution >= 4 is 0 Å². The molecule has 0 fully saturated rings. The fourth-order valence-electron chi connectivity index (χ4n) is 1.51. The lowest BCUT2D eigenvalue weighted by atomic mass is 10.3. The molecule has 0 radical (unpaired) electrons. The second-order valence-electron chi connectivity index (χ2n) is 4.18. The van der Waals surface area contributed by atoms with Crippen molar-refractivity contribution in [3.05, 3.63) is 30.3 Å². The molecule has 1 rings (SSSR count). The maximum atomic E-state index is 5.68. The Morgan fingerprint density at radius 3 is 2.25 bits per heavy atom. The molecule has 1 unspecified atom stereocenters. The van der Waals surface area contributed by atoms with E-state index in [1.165, 1.54) is 0 Å². The molecule has 20 heavy (non-hydrogen) atoms. The van der Waals surface area contributed by atoms with E-state index < -0.39 is 0 Å². The summed E-state index contributed by atoms with van der Waals surface area (Å²) in [6, 6.07) is 9.65. The highest BCUT2D eigenvalue weighted by Gasteiger charge is 2.10. The second-order valence-corrected chi connectivity index (χ2v) is 4.18. The SMILES string of the molecule is COCCOCC(COc1ccccc1)OCCOC. The molecule has 0 aliphatic heterocycles. The first-order valence-electron chi connectivity index (χ1n) is 6.72. The lowest BCUT2D eigenvalue weighted by molar-refractivity contribution is -0.0563. The van der Waals surface area contributed by atoms with Crippen molar-refractivity contribution in [1.82, 2.24) is 0 Å². The van der Waals surface area contributed by atoms with Crippen LogP contribution in [-0.4, -0.2) is 60.0 Å². The highest BCUT2D eigenvalue weighted by atomic mass is 16.6. The van der Waals surface area contributed by atoms with Gasteiger partial charge in [0, 0.05) is 14.2 Å². The van der Waals surface area contributed by atoms with Crippen molar-refractivity contribution in [2.45, 2.75) is 6.10 Å². The summed E-state index contributed by atoms with van der Waals surface area (Å²) < 4.78 is 26.7. The van der Waals surface area contributed by atoms with E-state index in [0.717, 1.165) is 5.75 Å². The van der Waals surface area contributed by atoms with Gasteiger partial charge in [-0.25, -0.2) is 0 Å². The summed E-state index contributed by atoms with van der Waals surface area (Å²) in [4.78, 5) is 0. The largest absolute Gasteiger partial charge is 0.491 e. The van der Waals surface area contributed by atoms with Crippen LogP contribution >= 0.6 is 0 Å². The van der Waals surface area contributed by atoms with E-state index >= 15 is 0 Å². The molecule has 1 aromatic rings. The summed E-state index contributed by atoms with van der Waals surface area (Å²) in [5, 5.41) is 0. The summed E-state index contributed by atoms with van der Waals surface area (Å²) >= 11 is 0. The first-order chi connectivity index (χ1) is 9.86. The van der Waals surface area contributed by atoms with Crippen LogP contribution in [0.2, 0.25) is 0 Å². The molecule has 0 spiro atoms. The first kappa shape index (κ1) is 16.9. The van der Waals surface area contributed by atoms with Crippen molar-refractivity contribution in [2.24, 2.45) is 0 Å². The van der Waals surface area contributed by atoms with E-state index in [1.54, 1.807) is 14.2 Å². The van der Waals surface area contributed by atoms with Gasteiger partial charge in [-0.2, -0.15) is 0 Å². The van der Waals surface area contributed by atoms with Crippen LogP contribution in [0.4, 0.5) is 0 Å². The lowest BCUT2D eigenvalue weighted by Gasteiger charge is -2.18. The highest BCUT2D eigenvalue weighted by molar-refractivity contribution is 5.20. The molecule has 0 heterocycles. The average Bonchev–Trinajstić information content (AvgIpc) is 2.49. The maximum absolute atomic E-state index is 5.68. The number of para-hydroxylation sites is 1. The van der Waals surface area contributed by atoms with E-state index in [9.17, 15) is 0 Å². The fraction of sp³-hybridized carbons (Fsp3) is 0.600. The van der Waals surface area contributed by atoms with Gasteiger partial charge >= 0.3 is 0 Å². The van der Waals surface area contributed by atoms with Gasteiger partial charge in [-0.1, -0.05) is 18.2 Å². The Balaban J connectivity index is 2.28. The molecule has 114 valence electrons. The van der Waals surface area contributed by atoms with Crippen LogP contribution in [0.5, 0.6) is 5.75 Å². The van der Waals surface area contributed by atoms with Crippen LogP contribution in [-0.2, 0) is 18.9 Å². The predicted octanol–water partition coefficient (Wildman–Crippen LogP) is 1.76.